The fraction of sp³-hybridized carbons (Fsp3) is 0.444. The number of aromatic amines is 1. The molecule has 1 aliphatic carbocycles. The largest absolute Gasteiger partial charge is 0.356 e. The van der Waals surface area contributed by atoms with Gasteiger partial charge in [0.05, 0.1) is 17.1 Å². The Morgan fingerprint density at radius 1 is 1.19 bits per heavy atom. The molecule has 2 aromatic carbocycles. The van der Waals surface area contributed by atoms with Gasteiger partial charge in [-0.05, 0) is 67.3 Å². The second kappa shape index (κ2) is 10.7. The lowest BCUT2D eigenvalue weighted by molar-refractivity contribution is -0.134. The maximum Gasteiger partial charge on any atom is 0.240 e. The van der Waals surface area contributed by atoms with Gasteiger partial charge in [-0.1, -0.05) is 31.9 Å². The van der Waals surface area contributed by atoms with Gasteiger partial charge in [-0.15, -0.1) is 11.6 Å². The number of H-pyrrole nitrogens is 1. The van der Waals surface area contributed by atoms with Crippen molar-refractivity contribution in [1.82, 2.24) is 19.9 Å². The zero-order chi connectivity index (χ0) is 26.2. The topological polar surface area (TPSA) is 94.3 Å². The molecule has 10 heteroatoms. The number of alkyl halides is 1. The van der Waals surface area contributed by atoms with E-state index in [1.807, 2.05) is 0 Å². The average Bonchev–Trinajstić information content (AvgIpc) is 3.22. The smallest absolute Gasteiger partial charge is 0.240 e. The van der Waals surface area contributed by atoms with Crippen molar-refractivity contribution >= 4 is 38.4 Å². The summed E-state index contributed by atoms with van der Waals surface area (Å²) in [5.41, 5.74) is 3.26. The number of nitrogens with zero attached hydrogens (tertiary/aromatic N) is 1. The maximum absolute atomic E-state index is 14.2. The molecule has 1 amide bonds. The van der Waals surface area contributed by atoms with Crippen molar-refractivity contribution in [1.29, 1.82) is 0 Å². The molecule has 0 unspecified atom stereocenters. The number of amides is 1. The van der Waals surface area contributed by atoms with E-state index in [2.05, 4.69) is 21.9 Å². The van der Waals surface area contributed by atoms with Crippen LogP contribution >= 0.6 is 11.6 Å². The molecule has 1 saturated carbocycles. The number of halogens is 2. The highest BCUT2D eigenvalue weighted by molar-refractivity contribution is 7.89. The van der Waals surface area contributed by atoms with Crippen molar-refractivity contribution < 1.29 is 17.6 Å². The molecule has 2 aliphatic rings. The summed E-state index contributed by atoms with van der Waals surface area (Å²) in [6.45, 7) is 2.82. The Bertz CT molecular complexity index is 1390. The number of carbonyl (C=O) groups is 1. The van der Waals surface area contributed by atoms with Gasteiger partial charge in [-0.2, -0.15) is 0 Å². The SMILES string of the molecule is CCCCN[C@H]1Cc2c([nH]c3ccc(F)cc23)[C@H](c2ccc(S(=O)(=O)NC3CCC3)cc2)N1C(=O)CCl. The predicted octanol–water partition coefficient (Wildman–Crippen LogP) is 4.57. The van der Waals surface area contributed by atoms with Gasteiger partial charge in [0.1, 0.15) is 11.7 Å². The van der Waals surface area contributed by atoms with Crippen LogP contribution in [0.15, 0.2) is 47.4 Å². The van der Waals surface area contributed by atoms with E-state index in [4.69, 9.17) is 11.6 Å². The minimum absolute atomic E-state index is 0.0101. The Balaban J connectivity index is 1.58. The minimum atomic E-state index is -3.63. The lowest BCUT2D eigenvalue weighted by Crippen LogP contribution is -2.55. The molecule has 3 aromatic rings. The van der Waals surface area contributed by atoms with Gasteiger partial charge in [0.2, 0.25) is 15.9 Å². The van der Waals surface area contributed by atoms with Crippen LogP contribution in [0.3, 0.4) is 0 Å². The molecule has 0 radical (unpaired) electrons. The first-order valence-corrected chi connectivity index (χ1v) is 14.9. The summed E-state index contributed by atoms with van der Waals surface area (Å²) in [4.78, 5) is 18.6. The van der Waals surface area contributed by atoms with Crippen LogP contribution in [0.25, 0.3) is 10.9 Å². The Morgan fingerprint density at radius 3 is 2.59 bits per heavy atom. The van der Waals surface area contributed by atoms with Crippen LogP contribution in [-0.2, 0) is 21.2 Å². The van der Waals surface area contributed by atoms with Crippen LogP contribution in [0.2, 0.25) is 0 Å². The van der Waals surface area contributed by atoms with Crippen LogP contribution in [0.4, 0.5) is 4.39 Å². The summed E-state index contributed by atoms with van der Waals surface area (Å²) < 4.78 is 42.7. The zero-order valence-corrected chi connectivity index (χ0v) is 22.3. The third-order valence-electron chi connectivity index (χ3n) is 7.43. The third-order valence-corrected chi connectivity index (χ3v) is 9.20. The molecule has 5 rings (SSSR count). The third kappa shape index (κ3) is 5.14. The quantitative estimate of drug-likeness (QED) is 0.271. The van der Waals surface area contributed by atoms with E-state index in [0.717, 1.165) is 66.4 Å². The van der Waals surface area contributed by atoms with Gasteiger partial charge in [0.15, 0.2) is 0 Å². The number of fused-ring (bicyclic) bond motifs is 3. The van der Waals surface area contributed by atoms with Crippen molar-refractivity contribution in [2.24, 2.45) is 0 Å². The van der Waals surface area contributed by atoms with E-state index < -0.39 is 16.1 Å². The van der Waals surface area contributed by atoms with Crippen molar-refractivity contribution in [2.75, 3.05) is 12.4 Å². The molecule has 0 bridgehead atoms. The first-order valence-electron chi connectivity index (χ1n) is 12.8. The Labute approximate surface area is 221 Å². The van der Waals surface area contributed by atoms with E-state index in [1.54, 1.807) is 35.2 Å². The molecular formula is C27H32ClFN4O3S. The summed E-state index contributed by atoms with van der Waals surface area (Å²) in [6.07, 6.45) is 4.83. The lowest BCUT2D eigenvalue weighted by atomic mass is 9.90. The van der Waals surface area contributed by atoms with E-state index >= 15 is 0 Å². The first-order chi connectivity index (χ1) is 17.8. The van der Waals surface area contributed by atoms with Gasteiger partial charge in [0.25, 0.3) is 0 Å². The van der Waals surface area contributed by atoms with E-state index in [9.17, 15) is 17.6 Å². The van der Waals surface area contributed by atoms with Crippen molar-refractivity contribution in [3.8, 4) is 0 Å². The molecule has 2 atom stereocenters. The highest BCUT2D eigenvalue weighted by Gasteiger charge is 2.40. The number of hydrogen-bond donors (Lipinski definition) is 3. The molecule has 198 valence electrons. The Hall–Kier alpha value is -2.46. The van der Waals surface area contributed by atoms with Crippen molar-refractivity contribution in [2.45, 2.75) is 68.6 Å². The number of benzene rings is 2. The van der Waals surface area contributed by atoms with Gasteiger partial charge >= 0.3 is 0 Å². The number of sulfonamides is 1. The predicted molar refractivity (Wildman–Crippen MR) is 142 cm³/mol. The molecule has 3 N–H and O–H groups in total. The Morgan fingerprint density at radius 2 is 1.95 bits per heavy atom. The highest BCUT2D eigenvalue weighted by atomic mass is 35.5. The molecule has 1 aliphatic heterocycles. The van der Waals surface area contributed by atoms with Gasteiger partial charge in [0, 0.05) is 29.1 Å². The summed E-state index contributed by atoms with van der Waals surface area (Å²) in [5.74, 6) is -0.752. The minimum Gasteiger partial charge on any atom is -0.356 e. The second-order valence-corrected chi connectivity index (χ2v) is 11.9. The van der Waals surface area contributed by atoms with Crippen LogP contribution in [0, 0.1) is 5.82 Å². The summed E-state index contributed by atoms with van der Waals surface area (Å²) in [5, 5.41) is 4.28. The summed E-state index contributed by atoms with van der Waals surface area (Å²) in [6, 6.07) is 10.7. The number of hydrogen-bond acceptors (Lipinski definition) is 4. The monoisotopic (exact) mass is 546 g/mol. The fourth-order valence-electron chi connectivity index (χ4n) is 5.28. The molecule has 7 nitrogen and oxygen atoms in total. The maximum atomic E-state index is 14.2. The zero-order valence-electron chi connectivity index (χ0n) is 20.8. The molecule has 1 aromatic heterocycles. The van der Waals surface area contributed by atoms with E-state index in [-0.39, 0.29) is 34.7 Å². The van der Waals surface area contributed by atoms with Crippen LogP contribution in [0.5, 0.6) is 0 Å². The molecule has 37 heavy (non-hydrogen) atoms. The lowest BCUT2D eigenvalue weighted by Gasteiger charge is -2.42. The molecule has 2 heterocycles. The van der Waals surface area contributed by atoms with Crippen LogP contribution in [-0.4, -0.2) is 48.8 Å². The van der Waals surface area contributed by atoms with Crippen LogP contribution < -0.4 is 10.0 Å². The van der Waals surface area contributed by atoms with E-state index in [1.165, 1.54) is 12.1 Å². The summed E-state index contributed by atoms with van der Waals surface area (Å²) in [7, 11) is -3.63. The van der Waals surface area contributed by atoms with Gasteiger partial charge in [-0.3, -0.25) is 10.1 Å². The number of aromatic nitrogens is 1. The molecule has 0 spiro atoms. The normalized spacial score (nSPS) is 20.1. The second-order valence-electron chi connectivity index (χ2n) is 9.89. The Kier molecular flexibility index (Phi) is 7.58. The van der Waals surface area contributed by atoms with Crippen molar-refractivity contribution in [3.63, 3.8) is 0 Å². The van der Waals surface area contributed by atoms with Crippen molar-refractivity contribution in [3.05, 3.63) is 65.1 Å². The number of rotatable bonds is 9. The highest BCUT2D eigenvalue weighted by Crippen LogP contribution is 2.41. The molecular weight excluding hydrogens is 515 g/mol. The van der Waals surface area contributed by atoms with E-state index in [0.29, 0.717) is 6.42 Å². The first kappa shape index (κ1) is 26.2. The summed E-state index contributed by atoms with van der Waals surface area (Å²) >= 11 is 6.08. The number of carbonyl (C=O) groups excluding carboxylic acids is 1. The van der Waals surface area contributed by atoms with Gasteiger partial charge in [-0.25, -0.2) is 17.5 Å². The van der Waals surface area contributed by atoms with Crippen LogP contribution in [0.1, 0.15) is 61.9 Å². The standard InChI is InChI=1S/C27H32ClFN4O3S/c1-2-3-13-30-24-15-22-21-14-18(29)9-12-23(21)31-26(22)27(33(24)25(34)16-28)17-7-10-20(11-8-17)37(35,36)32-19-5-4-6-19/h7-12,14,19,24,27,30-32H,2-6,13,15-16H2,1H3/t24-,27+/m1/s1. The molecule has 1 fully saturated rings. The fourth-order valence-corrected chi connectivity index (χ4v) is 6.72. The average molecular weight is 547 g/mol. The van der Waals surface area contributed by atoms with Gasteiger partial charge < -0.3 is 9.88 Å². The number of unbranched alkanes of at least 4 members (excludes halogenated alkanes) is 1. The number of nitrogens with one attached hydrogen (secondary N) is 3. The molecule has 0 saturated heterocycles.